The number of hydrogen-bond acceptors (Lipinski definition) is 8. The van der Waals surface area contributed by atoms with Gasteiger partial charge < -0.3 is 29.8 Å². The van der Waals surface area contributed by atoms with Crippen molar-refractivity contribution in [3.05, 3.63) is 57.1 Å². The van der Waals surface area contributed by atoms with Crippen LogP contribution in [0.3, 0.4) is 0 Å². The Morgan fingerprint density at radius 2 is 2.00 bits per heavy atom. The van der Waals surface area contributed by atoms with Gasteiger partial charge in [-0.05, 0) is 43.9 Å². The molecule has 2 bridgehead atoms. The van der Waals surface area contributed by atoms with Crippen molar-refractivity contribution < 1.29 is 19.4 Å². The second kappa shape index (κ2) is 7.97. The highest BCUT2D eigenvalue weighted by Gasteiger charge is 2.54. The van der Waals surface area contributed by atoms with Gasteiger partial charge in [0.2, 0.25) is 0 Å². The van der Waals surface area contributed by atoms with Crippen molar-refractivity contribution in [3.8, 4) is 5.75 Å². The molecule has 11 heteroatoms. The van der Waals surface area contributed by atoms with Crippen LogP contribution in [0.25, 0.3) is 11.0 Å². The summed E-state index contributed by atoms with van der Waals surface area (Å²) in [6.45, 7) is 1.19. The second-order valence-electron chi connectivity index (χ2n) is 10.8. The lowest BCUT2D eigenvalue weighted by Gasteiger charge is -2.55. The molecule has 0 radical (unpaired) electrons. The Kier molecular flexibility index (Phi) is 4.98. The summed E-state index contributed by atoms with van der Waals surface area (Å²) in [5, 5.41) is 18.7. The molecule has 37 heavy (non-hydrogen) atoms. The molecule has 10 nitrogen and oxygen atoms in total. The lowest BCUT2D eigenvalue weighted by molar-refractivity contribution is -0.192. The van der Waals surface area contributed by atoms with Gasteiger partial charge in [0, 0.05) is 36.3 Å². The van der Waals surface area contributed by atoms with Crippen LogP contribution in [0.4, 0.5) is 5.82 Å². The first-order valence-electron chi connectivity index (χ1n) is 12.5. The van der Waals surface area contributed by atoms with Crippen LogP contribution in [0.2, 0.25) is 5.02 Å². The molecule has 3 fully saturated rings. The molecule has 4 aliphatic heterocycles. The summed E-state index contributed by atoms with van der Waals surface area (Å²) in [6.07, 6.45) is 5.25. The van der Waals surface area contributed by atoms with Gasteiger partial charge in [-0.3, -0.25) is 14.6 Å². The van der Waals surface area contributed by atoms with Crippen LogP contribution in [0.5, 0.6) is 5.75 Å². The van der Waals surface area contributed by atoms with E-state index in [9.17, 15) is 14.7 Å². The smallest absolute Gasteiger partial charge is 0.263 e. The van der Waals surface area contributed by atoms with Crippen molar-refractivity contribution in [1.82, 2.24) is 19.9 Å². The largest absolute Gasteiger partial charge is 0.480 e. The minimum atomic E-state index is -1.31. The van der Waals surface area contributed by atoms with Crippen LogP contribution in [-0.4, -0.2) is 49.9 Å². The normalized spacial score (nSPS) is 29.7. The molecular weight excluding hydrogens is 498 g/mol. The van der Waals surface area contributed by atoms with Crippen LogP contribution < -0.4 is 20.9 Å². The SMILES string of the molecule is O=C1COc2ccc(CNC34CCC(C[C@]5(O)Cn6c(=O)ccc7ncc(Cl)c5c76)(CC3)OC4)nc2N1. The number of pyridine rings is 3. The molecule has 5 aliphatic rings. The molecule has 192 valence electrons. The molecule has 0 spiro atoms. The highest BCUT2D eigenvalue weighted by Crippen LogP contribution is 2.52. The number of fused-ring (bicyclic) bond motifs is 4. The van der Waals surface area contributed by atoms with Gasteiger partial charge in [-0.2, -0.15) is 0 Å². The fourth-order valence-corrected chi connectivity index (χ4v) is 6.77. The highest BCUT2D eigenvalue weighted by atomic mass is 35.5. The average molecular weight is 524 g/mol. The van der Waals surface area contributed by atoms with Crippen molar-refractivity contribution in [2.75, 3.05) is 18.5 Å². The van der Waals surface area contributed by atoms with E-state index in [-0.39, 0.29) is 30.2 Å². The van der Waals surface area contributed by atoms with Gasteiger partial charge in [0.1, 0.15) is 5.60 Å². The van der Waals surface area contributed by atoms with Gasteiger partial charge in [0.05, 0.1) is 40.5 Å². The van der Waals surface area contributed by atoms with E-state index in [1.807, 2.05) is 12.1 Å². The average Bonchev–Trinajstić information content (AvgIpc) is 3.21. The van der Waals surface area contributed by atoms with Crippen LogP contribution in [-0.2, 0) is 28.2 Å². The first-order chi connectivity index (χ1) is 17.8. The zero-order chi connectivity index (χ0) is 25.4. The number of nitrogens with zero attached hydrogens (tertiary/aromatic N) is 3. The molecule has 8 rings (SSSR count). The predicted molar refractivity (Wildman–Crippen MR) is 135 cm³/mol. The van der Waals surface area contributed by atoms with E-state index >= 15 is 0 Å². The number of anilines is 1. The number of halogens is 1. The molecule has 0 unspecified atom stereocenters. The standard InChI is InChI=1S/C26H26ClN5O5/c27-16-10-28-17-2-4-20(34)32-13-26(35,21(16)22(17)32)12-25-7-5-24(6-8-25,14-37-25)29-9-15-1-3-18-23(30-15)31-19(33)11-36-18/h1-4,10,29,35H,5-9,11-14H2,(H,30,31,33)/t24?,25?,26-/m0/s1. The van der Waals surface area contributed by atoms with Crippen molar-refractivity contribution >= 4 is 34.4 Å². The van der Waals surface area contributed by atoms with E-state index in [1.54, 1.807) is 16.8 Å². The van der Waals surface area contributed by atoms with E-state index in [0.29, 0.717) is 52.8 Å². The number of hydrogen-bond donors (Lipinski definition) is 3. The Morgan fingerprint density at radius 1 is 1.16 bits per heavy atom. The van der Waals surface area contributed by atoms with Crippen molar-refractivity contribution in [2.45, 2.75) is 61.9 Å². The Labute approximate surface area is 217 Å². The van der Waals surface area contributed by atoms with E-state index < -0.39 is 11.2 Å². The summed E-state index contributed by atoms with van der Waals surface area (Å²) in [6, 6.07) is 6.87. The maximum Gasteiger partial charge on any atom is 0.263 e. The lowest BCUT2D eigenvalue weighted by atomic mass is 9.67. The summed E-state index contributed by atoms with van der Waals surface area (Å²) < 4.78 is 13.5. The molecule has 3 aromatic heterocycles. The molecule has 1 saturated carbocycles. The minimum Gasteiger partial charge on any atom is -0.480 e. The molecule has 1 amide bonds. The summed E-state index contributed by atoms with van der Waals surface area (Å²) in [5.74, 6) is 0.814. The molecule has 1 aliphatic carbocycles. The van der Waals surface area contributed by atoms with Gasteiger partial charge in [0.25, 0.3) is 11.5 Å². The maximum absolute atomic E-state index is 12.6. The van der Waals surface area contributed by atoms with Crippen molar-refractivity contribution in [3.63, 3.8) is 0 Å². The van der Waals surface area contributed by atoms with Crippen LogP contribution in [0, 0.1) is 0 Å². The number of ether oxygens (including phenoxy) is 2. The van der Waals surface area contributed by atoms with Gasteiger partial charge in [-0.1, -0.05) is 11.6 Å². The minimum absolute atomic E-state index is 0.00463. The topological polar surface area (TPSA) is 128 Å². The number of amides is 1. The quantitative estimate of drug-likeness (QED) is 0.464. The van der Waals surface area contributed by atoms with Crippen molar-refractivity contribution in [1.29, 1.82) is 0 Å². The molecular formula is C26H26ClN5O5. The van der Waals surface area contributed by atoms with Crippen molar-refractivity contribution in [2.24, 2.45) is 0 Å². The number of rotatable bonds is 5. The van der Waals surface area contributed by atoms with E-state index in [2.05, 4.69) is 20.6 Å². The van der Waals surface area contributed by atoms with Gasteiger partial charge in [0.15, 0.2) is 18.2 Å². The zero-order valence-electron chi connectivity index (χ0n) is 20.1. The predicted octanol–water partition coefficient (Wildman–Crippen LogP) is 2.24. The van der Waals surface area contributed by atoms with Gasteiger partial charge >= 0.3 is 0 Å². The molecule has 7 heterocycles. The van der Waals surface area contributed by atoms with Crippen LogP contribution in [0.15, 0.2) is 35.3 Å². The third-order valence-electron chi connectivity index (χ3n) is 8.40. The first-order valence-corrected chi connectivity index (χ1v) is 12.9. The molecule has 2 saturated heterocycles. The third kappa shape index (κ3) is 3.65. The van der Waals surface area contributed by atoms with Gasteiger partial charge in [-0.15, -0.1) is 0 Å². The summed E-state index contributed by atoms with van der Waals surface area (Å²) in [4.78, 5) is 33.1. The van der Waals surface area contributed by atoms with E-state index in [1.165, 1.54) is 6.07 Å². The monoisotopic (exact) mass is 523 g/mol. The first kappa shape index (κ1) is 23.1. The molecule has 0 aromatic carbocycles. The summed E-state index contributed by atoms with van der Waals surface area (Å²) in [5.41, 5.74) is 0.478. The highest BCUT2D eigenvalue weighted by molar-refractivity contribution is 6.32. The fourth-order valence-electron chi connectivity index (χ4n) is 6.46. The lowest BCUT2D eigenvalue weighted by Crippen LogP contribution is -2.62. The second-order valence-corrected chi connectivity index (χ2v) is 11.2. The summed E-state index contributed by atoms with van der Waals surface area (Å²) >= 11 is 6.54. The molecule has 3 aromatic rings. The van der Waals surface area contributed by atoms with E-state index in [0.717, 1.165) is 31.4 Å². The Hall–Kier alpha value is -3.05. The van der Waals surface area contributed by atoms with Crippen LogP contribution in [0.1, 0.15) is 43.4 Å². The number of aliphatic hydroxyl groups is 1. The molecule has 1 atom stereocenters. The Morgan fingerprint density at radius 3 is 2.78 bits per heavy atom. The Bertz CT molecular complexity index is 1500. The number of carbonyl (C=O) groups excluding carboxylic acids is 1. The maximum atomic E-state index is 12.6. The van der Waals surface area contributed by atoms with E-state index in [4.69, 9.17) is 21.1 Å². The number of nitrogens with one attached hydrogen (secondary N) is 2. The Balaban J connectivity index is 1.07. The van der Waals surface area contributed by atoms with Crippen LogP contribution >= 0.6 is 11.6 Å². The zero-order valence-corrected chi connectivity index (χ0v) is 20.8. The molecule has 3 N–H and O–H groups in total. The number of aromatic nitrogens is 3. The summed E-state index contributed by atoms with van der Waals surface area (Å²) in [7, 11) is 0. The third-order valence-corrected chi connectivity index (χ3v) is 8.69. The fraction of sp³-hybridized carbons (Fsp3) is 0.462. The van der Waals surface area contributed by atoms with Gasteiger partial charge in [-0.25, -0.2) is 4.98 Å². The number of carbonyl (C=O) groups is 1.